The lowest BCUT2D eigenvalue weighted by Gasteiger charge is -2.39. The van der Waals surface area contributed by atoms with Gasteiger partial charge in [-0.25, -0.2) is 0 Å². The summed E-state index contributed by atoms with van der Waals surface area (Å²) in [6.45, 7) is -0.534. The van der Waals surface area contributed by atoms with Crippen molar-refractivity contribution in [3.63, 3.8) is 0 Å². The standard InChI is InChI=1S/C14H20O8/c1-19-7-4-3-5-8(20-2)13(7)22-14-12(18)11(17)10(16)9(6-15)21-14/h3-5,9-12,14-18H,6H2,1-2H3/t9-,10-,11+,12-,14+/m1/s1. The molecular weight excluding hydrogens is 296 g/mol. The van der Waals surface area contributed by atoms with E-state index in [2.05, 4.69) is 0 Å². The third kappa shape index (κ3) is 3.11. The molecule has 0 bridgehead atoms. The van der Waals surface area contributed by atoms with Gasteiger partial charge >= 0.3 is 0 Å². The number of hydrogen-bond acceptors (Lipinski definition) is 8. The van der Waals surface area contributed by atoms with Crippen LogP contribution in [0, 0.1) is 0 Å². The summed E-state index contributed by atoms with van der Waals surface area (Å²) in [6.07, 6.45) is -6.83. The van der Waals surface area contributed by atoms with Crippen molar-refractivity contribution in [3.8, 4) is 17.2 Å². The molecule has 0 radical (unpaired) electrons. The van der Waals surface area contributed by atoms with Gasteiger partial charge in [-0.15, -0.1) is 0 Å². The predicted molar refractivity (Wildman–Crippen MR) is 73.9 cm³/mol. The monoisotopic (exact) mass is 316 g/mol. The highest BCUT2D eigenvalue weighted by Gasteiger charge is 2.45. The summed E-state index contributed by atoms with van der Waals surface area (Å²) in [6, 6.07) is 4.95. The second kappa shape index (κ2) is 7.12. The zero-order valence-electron chi connectivity index (χ0n) is 12.2. The molecule has 1 aromatic rings. The van der Waals surface area contributed by atoms with Crippen LogP contribution >= 0.6 is 0 Å². The number of aliphatic hydroxyl groups excluding tert-OH is 4. The van der Waals surface area contributed by atoms with Crippen molar-refractivity contribution in [2.45, 2.75) is 30.7 Å². The maximum Gasteiger partial charge on any atom is 0.229 e. The van der Waals surface area contributed by atoms with Crippen LogP contribution in [0.4, 0.5) is 0 Å². The van der Waals surface area contributed by atoms with E-state index in [1.165, 1.54) is 14.2 Å². The van der Waals surface area contributed by atoms with Gasteiger partial charge in [0.2, 0.25) is 12.0 Å². The van der Waals surface area contributed by atoms with E-state index in [0.29, 0.717) is 11.5 Å². The van der Waals surface area contributed by atoms with Crippen LogP contribution in [0.3, 0.4) is 0 Å². The summed E-state index contributed by atoms with van der Waals surface area (Å²) >= 11 is 0. The Bertz CT molecular complexity index is 469. The summed E-state index contributed by atoms with van der Waals surface area (Å²) in [5.74, 6) is 0.865. The zero-order valence-corrected chi connectivity index (χ0v) is 12.2. The van der Waals surface area contributed by atoms with Crippen LogP contribution in [-0.4, -0.2) is 72.0 Å². The largest absolute Gasteiger partial charge is 0.493 e. The molecular formula is C14H20O8. The Morgan fingerprint density at radius 2 is 1.59 bits per heavy atom. The smallest absolute Gasteiger partial charge is 0.229 e. The van der Waals surface area contributed by atoms with Crippen LogP contribution in [-0.2, 0) is 4.74 Å². The maximum absolute atomic E-state index is 9.99. The molecule has 0 amide bonds. The first-order valence-corrected chi connectivity index (χ1v) is 6.71. The fraction of sp³-hybridized carbons (Fsp3) is 0.571. The molecule has 0 aliphatic carbocycles. The van der Waals surface area contributed by atoms with Crippen molar-refractivity contribution in [2.24, 2.45) is 0 Å². The second-order valence-corrected chi connectivity index (χ2v) is 4.81. The lowest BCUT2D eigenvalue weighted by Crippen LogP contribution is -2.60. The van der Waals surface area contributed by atoms with E-state index >= 15 is 0 Å². The number of aliphatic hydroxyl groups is 4. The van der Waals surface area contributed by atoms with Gasteiger partial charge in [-0.05, 0) is 12.1 Å². The SMILES string of the molecule is COc1cccc(OC)c1O[C@@H]1O[C@H](CO)[C@@H](O)[C@H](O)[C@H]1O. The first kappa shape index (κ1) is 16.8. The summed E-state index contributed by atoms with van der Waals surface area (Å²) in [7, 11) is 2.88. The van der Waals surface area contributed by atoms with Gasteiger partial charge in [-0.3, -0.25) is 0 Å². The van der Waals surface area contributed by atoms with E-state index in [4.69, 9.17) is 24.1 Å². The van der Waals surface area contributed by atoms with Gasteiger partial charge in [0.25, 0.3) is 0 Å². The molecule has 8 heteroatoms. The molecule has 2 rings (SSSR count). The van der Waals surface area contributed by atoms with Gasteiger partial charge in [-0.2, -0.15) is 0 Å². The Morgan fingerprint density at radius 3 is 2.09 bits per heavy atom. The predicted octanol–water partition coefficient (Wildman–Crippen LogP) is -1.12. The van der Waals surface area contributed by atoms with E-state index in [-0.39, 0.29) is 5.75 Å². The Kier molecular flexibility index (Phi) is 5.43. The van der Waals surface area contributed by atoms with Gasteiger partial charge in [-0.1, -0.05) is 6.07 Å². The fourth-order valence-corrected chi connectivity index (χ4v) is 2.21. The number of rotatable bonds is 5. The van der Waals surface area contributed by atoms with Crippen LogP contribution in [0.25, 0.3) is 0 Å². The van der Waals surface area contributed by atoms with Gasteiger partial charge in [0.05, 0.1) is 20.8 Å². The quantitative estimate of drug-likeness (QED) is 0.540. The lowest BCUT2D eigenvalue weighted by atomic mass is 9.99. The normalized spacial score (nSPS) is 31.6. The number of benzene rings is 1. The molecule has 1 fully saturated rings. The highest BCUT2D eigenvalue weighted by Crippen LogP contribution is 2.38. The van der Waals surface area contributed by atoms with Crippen molar-refractivity contribution in [1.82, 2.24) is 0 Å². The first-order valence-electron chi connectivity index (χ1n) is 6.71. The van der Waals surface area contributed by atoms with Gasteiger partial charge in [0.15, 0.2) is 11.5 Å². The maximum atomic E-state index is 9.99. The minimum Gasteiger partial charge on any atom is -0.493 e. The summed E-state index contributed by atoms with van der Waals surface area (Å²) in [5, 5.41) is 38.7. The number of hydrogen-bond donors (Lipinski definition) is 4. The van der Waals surface area contributed by atoms with E-state index in [0.717, 1.165) is 0 Å². The van der Waals surface area contributed by atoms with Crippen molar-refractivity contribution < 1.29 is 39.4 Å². The average Bonchev–Trinajstić information content (AvgIpc) is 2.55. The molecule has 1 aliphatic rings. The highest BCUT2D eigenvalue weighted by atomic mass is 16.7. The van der Waals surface area contributed by atoms with Crippen LogP contribution in [0.15, 0.2) is 18.2 Å². The van der Waals surface area contributed by atoms with E-state index in [1.807, 2.05) is 0 Å². The van der Waals surface area contributed by atoms with Gasteiger partial charge < -0.3 is 39.4 Å². The zero-order chi connectivity index (χ0) is 16.3. The Hall–Kier alpha value is -1.58. The molecule has 8 nitrogen and oxygen atoms in total. The van der Waals surface area contributed by atoms with Crippen LogP contribution < -0.4 is 14.2 Å². The molecule has 0 saturated carbocycles. The molecule has 0 aromatic heterocycles. The first-order chi connectivity index (χ1) is 10.5. The number of methoxy groups -OCH3 is 2. The molecule has 0 spiro atoms. The molecule has 124 valence electrons. The Labute approximate surface area is 127 Å². The van der Waals surface area contributed by atoms with Crippen molar-refractivity contribution in [3.05, 3.63) is 18.2 Å². The molecule has 22 heavy (non-hydrogen) atoms. The van der Waals surface area contributed by atoms with Crippen LogP contribution in [0.1, 0.15) is 0 Å². The third-order valence-electron chi connectivity index (χ3n) is 3.47. The topological polar surface area (TPSA) is 118 Å². The number of ether oxygens (including phenoxy) is 4. The van der Waals surface area contributed by atoms with Gasteiger partial charge in [0.1, 0.15) is 24.4 Å². The summed E-state index contributed by atoms with van der Waals surface area (Å²) in [4.78, 5) is 0. The minimum absolute atomic E-state index is 0.178. The summed E-state index contributed by atoms with van der Waals surface area (Å²) < 4.78 is 21.2. The molecule has 1 aliphatic heterocycles. The molecule has 1 aromatic carbocycles. The Morgan fingerprint density at radius 1 is 1.00 bits per heavy atom. The van der Waals surface area contributed by atoms with Crippen molar-refractivity contribution in [2.75, 3.05) is 20.8 Å². The fourth-order valence-electron chi connectivity index (χ4n) is 2.21. The van der Waals surface area contributed by atoms with E-state index in [9.17, 15) is 15.3 Å². The van der Waals surface area contributed by atoms with E-state index < -0.39 is 37.3 Å². The second-order valence-electron chi connectivity index (χ2n) is 4.81. The van der Waals surface area contributed by atoms with E-state index in [1.54, 1.807) is 18.2 Å². The highest BCUT2D eigenvalue weighted by molar-refractivity contribution is 5.51. The molecule has 1 saturated heterocycles. The van der Waals surface area contributed by atoms with Gasteiger partial charge in [0, 0.05) is 0 Å². The molecule has 5 atom stereocenters. The van der Waals surface area contributed by atoms with Crippen molar-refractivity contribution in [1.29, 1.82) is 0 Å². The lowest BCUT2D eigenvalue weighted by molar-refractivity contribution is -0.277. The Balaban J connectivity index is 2.26. The molecule has 4 N–H and O–H groups in total. The van der Waals surface area contributed by atoms with Crippen LogP contribution in [0.2, 0.25) is 0 Å². The minimum atomic E-state index is -1.52. The summed E-state index contributed by atoms with van der Waals surface area (Å²) in [5.41, 5.74) is 0. The molecule has 1 heterocycles. The number of para-hydroxylation sites is 1. The average molecular weight is 316 g/mol. The third-order valence-corrected chi connectivity index (χ3v) is 3.47. The van der Waals surface area contributed by atoms with Crippen LogP contribution in [0.5, 0.6) is 17.2 Å². The molecule has 0 unspecified atom stereocenters. The van der Waals surface area contributed by atoms with Crippen molar-refractivity contribution >= 4 is 0 Å².